The summed E-state index contributed by atoms with van der Waals surface area (Å²) in [7, 11) is 0. The van der Waals surface area contributed by atoms with E-state index in [1.807, 2.05) is 13.8 Å². The van der Waals surface area contributed by atoms with Gasteiger partial charge in [-0.15, -0.1) is 24.8 Å². The number of hydrogen-bond donors (Lipinski definition) is 2. The van der Waals surface area contributed by atoms with Crippen molar-refractivity contribution in [2.24, 2.45) is 5.73 Å². The normalized spacial score (nSPS) is 10.6. The summed E-state index contributed by atoms with van der Waals surface area (Å²) < 4.78 is 19.3. The fraction of sp³-hybridized carbons (Fsp3) is 0.444. The molecule has 8 heteroatoms. The van der Waals surface area contributed by atoms with Crippen LogP contribution in [0.1, 0.15) is 39.0 Å². The van der Waals surface area contributed by atoms with Crippen LogP contribution in [0.25, 0.3) is 11.3 Å². The number of halogens is 3. The SMILES string of the molecule is CCC(CC)(CN)NC(=O)CCc1ncc(-c2ccccc2F)o1.Cl.Cl. The van der Waals surface area contributed by atoms with E-state index >= 15 is 0 Å². The van der Waals surface area contributed by atoms with E-state index in [-0.39, 0.29) is 48.5 Å². The molecule has 0 radical (unpaired) electrons. The standard InChI is InChI=1S/C18H24FN3O2.2ClH/c1-3-18(4-2,12-20)22-16(23)9-10-17-21-11-15(24-17)13-7-5-6-8-14(13)19;;/h5-8,11H,3-4,9-10,12,20H2,1-2H3,(H,22,23);2*1H. The smallest absolute Gasteiger partial charge is 0.220 e. The molecule has 1 aromatic carbocycles. The number of amides is 1. The maximum Gasteiger partial charge on any atom is 0.220 e. The summed E-state index contributed by atoms with van der Waals surface area (Å²) in [4.78, 5) is 16.3. The number of oxazole rings is 1. The van der Waals surface area contributed by atoms with Gasteiger partial charge in [-0.2, -0.15) is 0 Å². The quantitative estimate of drug-likeness (QED) is 0.697. The van der Waals surface area contributed by atoms with Crippen molar-refractivity contribution in [2.45, 2.75) is 45.1 Å². The van der Waals surface area contributed by atoms with Crippen LogP contribution in [0, 0.1) is 5.82 Å². The van der Waals surface area contributed by atoms with E-state index in [9.17, 15) is 9.18 Å². The fourth-order valence-corrected chi connectivity index (χ4v) is 2.56. The van der Waals surface area contributed by atoms with Crippen molar-refractivity contribution < 1.29 is 13.6 Å². The highest BCUT2D eigenvalue weighted by Gasteiger charge is 2.26. The van der Waals surface area contributed by atoms with Crippen LogP contribution in [0.15, 0.2) is 34.9 Å². The number of carbonyl (C=O) groups excluding carboxylic acids is 1. The molecule has 0 saturated carbocycles. The van der Waals surface area contributed by atoms with Gasteiger partial charge in [0.25, 0.3) is 0 Å². The molecule has 0 aliphatic rings. The molecule has 0 bridgehead atoms. The Hall–Kier alpha value is -1.63. The van der Waals surface area contributed by atoms with Gasteiger partial charge < -0.3 is 15.5 Å². The summed E-state index contributed by atoms with van der Waals surface area (Å²) in [5.74, 6) is 0.322. The van der Waals surface area contributed by atoms with Crippen molar-refractivity contribution in [1.82, 2.24) is 10.3 Å². The minimum absolute atomic E-state index is 0. The minimum atomic E-state index is -0.364. The Kier molecular flexibility index (Phi) is 10.5. The first-order chi connectivity index (χ1) is 11.5. The number of carbonyl (C=O) groups is 1. The lowest BCUT2D eigenvalue weighted by atomic mass is 9.92. The first-order valence-electron chi connectivity index (χ1n) is 8.24. The molecule has 146 valence electrons. The molecule has 2 rings (SSSR count). The van der Waals surface area contributed by atoms with Crippen LogP contribution in [-0.2, 0) is 11.2 Å². The molecule has 0 spiro atoms. The number of nitrogens with zero attached hydrogens (tertiary/aromatic N) is 1. The summed E-state index contributed by atoms with van der Waals surface area (Å²) in [6, 6.07) is 6.35. The molecule has 1 heterocycles. The third-order valence-electron chi connectivity index (χ3n) is 4.41. The largest absolute Gasteiger partial charge is 0.441 e. The summed E-state index contributed by atoms with van der Waals surface area (Å²) in [6.45, 7) is 4.42. The molecule has 0 fully saturated rings. The Morgan fingerprint density at radius 1 is 1.27 bits per heavy atom. The zero-order valence-electron chi connectivity index (χ0n) is 15.0. The number of hydrogen-bond acceptors (Lipinski definition) is 4. The Morgan fingerprint density at radius 2 is 1.92 bits per heavy atom. The summed E-state index contributed by atoms with van der Waals surface area (Å²) in [6.07, 6.45) is 3.64. The lowest BCUT2D eigenvalue weighted by Crippen LogP contribution is -2.52. The summed E-state index contributed by atoms with van der Waals surface area (Å²) in [5.41, 5.74) is 5.79. The fourth-order valence-electron chi connectivity index (χ4n) is 2.56. The van der Waals surface area contributed by atoms with Gasteiger partial charge >= 0.3 is 0 Å². The molecule has 0 saturated heterocycles. The van der Waals surface area contributed by atoms with Gasteiger partial charge in [-0.05, 0) is 25.0 Å². The van der Waals surface area contributed by atoms with Crippen molar-refractivity contribution in [3.05, 3.63) is 42.2 Å². The van der Waals surface area contributed by atoms with E-state index in [4.69, 9.17) is 10.2 Å². The maximum atomic E-state index is 13.7. The zero-order chi connectivity index (χ0) is 17.6. The average Bonchev–Trinajstić information content (AvgIpc) is 3.07. The number of aryl methyl sites for hydroxylation is 1. The first kappa shape index (κ1) is 24.4. The van der Waals surface area contributed by atoms with E-state index < -0.39 is 0 Å². The third kappa shape index (κ3) is 5.97. The Morgan fingerprint density at radius 3 is 2.50 bits per heavy atom. The van der Waals surface area contributed by atoms with Crippen LogP contribution in [0.4, 0.5) is 4.39 Å². The van der Waals surface area contributed by atoms with E-state index in [1.165, 1.54) is 12.3 Å². The van der Waals surface area contributed by atoms with Gasteiger partial charge in [0.2, 0.25) is 5.91 Å². The van der Waals surface area contributed by atoms with Gasteiger partial charge in [0, 0.05) is 19.4 Å². The molecule has 1 amide bonds. The monoisotopic (exact) mass is 405 g/mol. The van der Waals surface area contributed by atoms with Crippen molar-refractivity contribution in [3.63, 3.8) is 0 Å². The van der Waals surface area contributed by atoms with Crippen molar-refractivity contribution in [1.29, 1.82) is 0 Å². The molecule has 2 aromatic rings. The summed E-state index contributed by atoms with van der Waals surface area (Å²) in [5, 5.41) is 3.00. The zero-order valence-corrected chi connectivity index (χ0v) is 16.6. The number of benzene rings is 1. The van der Waals surface area contributed by atoms with Crippen LogP contribution >= 0.6 is 24.8 Å². The van der Waals surface area contributed by atoms with Crippen LogP contribution in [0.2, 0.25) is 0 Å². The molecule has 0 aliphatic heterocycles. The first-order valence-corrected chi connectivity index (χ1v) is 8.24. The Labute approximate surface area is 165 Å². The van der Waals surface area contributed by atoms with Gasteiger partial charge in [0.15, 0.2) is 11.7 Å². The highest BCUT2D eigenvalue weighted by Crippen LogP contribution is 2.23. The van der Waals surface area contributed by atoms with E-state index in [0.29, 0.717) is 30.2 Å². The highest BCUT2D eigenvalue weighted by molar-refractivity contribution is 5.85. The lowest BCUT2D eigenvalue weighted by Gasteiger charge is -2.31. The minimum Gasteiger partial charge on any atom is -0.441 e. The second kappa shape index (κ2) is 11.2. The van der Waals surface area contributed by atoms with Crippen LogP contribution < -0.4 is 11.1 Å². The maximum absolute atomic E-state index is 13.7. The Bertz CT molecular complexity index is 682. The van der Waals surface area contributed by atoms with Gasteiger partial charge in [0.1, 0.15) is 5.82 Å². The molecular formula is C18H26Cl2FN3O2. The number of nitrogens with one attached hydrogen (secondary N) is 1. The van der Waals surface area contributed by atoms with Gasteiger partial charge in [-0.1, -0.05) is 26.0 Å². The second-order valence-electron chi connectivity index (χ2n) is 5.84. The van der Waals surface area contributed by atoms with Crippen molar-refractivity contribution in [3.8, 4) is 11.3 Å². The highest BCUT2D eigenvalue weighted by atomic mass is 35.5. The summed E-state index contributed by atoms with van der Waals surface area (Å²) >= 11 is 0. The topological polar surface area (TPSA) is 81.1 Å². The van der Waals surface area contributed by atoms with Crippen molar-refractivity contribution in [2.75, 3.05) is 6.54 Å². The van der Waals surface area contributed by atoms with E-state index in [1.54, 1.807) is 18.2 Å². The van der Waals surface area contributed by atoms with Crippen LogP contribution in [0.5, 0.6) is 0 Å². The average molecular weight is 406 g/mol. The number of aromatic nitrogens is 1. The lowest BCUT2D eigenvalue weighted by molar-refractivity contribution is -0.123. The van der Waals surface area contributed by atoms with Crippen LogP contribution in [0.3, 0.4) is 0 Å². The molecular weight excluding hydrogens is 380 g/mol. The van der Waals surface area contributed by atoms with Gasteiger partial charge in [0.05, 0.1) is 17.3 Å². The molecule has 5 nitrogen and oxygen atoms in total. The Balaban J connectivity index is 0.00000312. The molecule has 0 unspecified atom stereocenters. The molecule has 0 atom stereocenters. The molecule has 0 aliphatic carbocycles. The predicted molar refractivity (Wildman–Crippen MR) is 105 cm³/mol. The van der Waals surface area contributed by atoms with Crippen LogP contribution in [-0.4, -0.2) is 23.0 Å². The van der Waals surface area contributed by atoms with Gasteiger partial charge in [-0.25, -0.2) is 9.37 Å². The van der Waals surface area contributed by atoms with E-state index in [2.05, 4.69) is 10.3 Å². The number of rotatable bonds is 8. The third-order valence-corrected chi connectivity index (χ3v) is 4.41. The van der Waals surface area contributed by atoms with Gasteiger partial charge in [-0.3, -0.25) is 4.79 Å². The number of nitrogens with two attached hydrogens (primary N) is 1. The predicted octanol–water partition coefficient (Wildman–Crippen LogP) is 3.89. The second-order valence-corrected chi connectivity index (χ2v) is 5.84. The molecule has 3 N–H and O–H groups in total. The molecule has 1 aromatic heterocycles. The molecule has 26 heavy (non-hydrogen) atoms. The van der Waals surface area contributed by atoms with E-state index in [0.717, 1.165) is 12.8 Å². The van der Waals surface area contributed by atoms with Crippen molar-refractivity contribution >= 4 is 30.7 Å².